The van der Waals surface area contributed by atoms with Gasteiger partial charge in [0.1, 0.15) is 5.82 Å². The molecule has 0 amide bonds. The average Bonchev–Trinajstić information content (AvgIpc) is 2.96. The highest BCUT2D eigenvalue weighted by atomic mass is 35.5. The second-order valence-electron chi connectivity index (χ2n) is 4.73. The molecule has 0 fully saturated rings. The van der Waals surface area contributed by atoms with Crippen molar-refractivity contribution in [2.75, 3.05) is 6.54 Å². The van der Waals surface area contributed by atoms with Crippen molar-refractivity contribution in [3.63, 3.8) is 0 Å². The first kappa shape index (κ1) is 14.3. The second kappa shape index (κ2) is 6.39. The second-order valence-corrected chi connectivity index (χ2v) is 5.95. The lowest BCUT2D eigenvalue weighted by molar-refractivity contribution is 0.660. The summed E-state index contributed by atoms with van der Waals surface area (Å²) >= 11 is 7.64. The molecule has 1 aromatic carbocycles. The topological polar surface area (TPSA) is 57.8 Å². The van der Waals surface area contributed by atoms with E-state index in [0.717, 1.165) is 13.0 Å². The van der Waals surface area contributed by atoms with Crippen LogP contribution in [0, 0.1) is 0 Å². The maximum Gasteiger partial charge on any atom is 0.258 e. The normalized spacial score (nSPS) is 11.1. The summed E-state index contributed by atoms with van der Waals surface area (Å²) in [6.45, 7) is 1.37. The molecule has 0 saturated carbocycles. The zero-order chi connectivity index (χ0) is 14.7. The van der Waals surface area contributed by atoms with Crippen molar-refractivity contribution in [3.05, 3.63) is 61.8 Å². The Hall–Kier alpha value is -1.69. The number of nitrogens with one attached hydrogen (secondary N) is 2. The number of thiophene rings is 1. The standard InChI is InChI=1S/C15H14ClN3OS/c16-11-1-2-12-13(7-11)18-14(19-15(12)20)8-17-5-3-10-4-6-21-9-10/h1-2,4,6-7,9,17H,3,5,8H2,(H,18,19,20). The molecule has 3 rings (SSSR count). The van der Waals surface area contributed by atoms with Crippen LogP contribution >= 0.6 is 22.9 Å². The number of aromatic nitrogens is 2. The van der Waals surface area contributed by atoms with Crippen molar-refractivity contribution in [2.45, 2.75) is 13.0 Å². The van der Waals surface area contributed by atoms with Crippen LogP contribution in [0.25, 0.3) is 10.9 Å². The number of rotatable bonds is 5. The number of aromatic amines is 1. The van der Waals surface area contributed by atoms with Gasteiger partial charge in [-0.15, -0.1) is 0 Å². The molecule has 21 heavy (non-hydrogen) atoms. The third-order valence-corrected chi connectivity index (χ3v) is 4.15. The summed E-state index contributed by atoms with van der Waals surface area (Å²) in [5, 5.41) is 8.63. The van der Waals surface area contributed by atoms with Crippen LogP contribution in [-0.2, 0) is 13.0 Å². The number of nitrogens with zero attached hydrogens (tertiary/aromatic N) is 1. The van der Waals surface area contributed by atoms with Crippen LogP contribution < -0.4 is 10.9 Å². The first-order valence-electron chi connectivity index (χ1n) is 6.62. The number of halogens is 1. The summed E-state index contributed by atoms with van der Waals surface area (Å²) in [4.78, 5) is 19.2. The van der Waals surface area contributed by atoms with Crippen molar-refractivity contribution in [2.24, 2.45) is 0 Å². The summed E-state index contributed by atoms with van der Waals surface area (Å²) in [5.74, 6) is 0.625. The zero-order valence-electron chi connectivity index (χ0n) is 11.2. The molecule has 2 heterocycles. The van der Waals surface area contributed by atoms with Crippen molar-refractivity contribution >= 4 is 33.8 Å². The van der Waals surface area contributed by atoms with E-state index in [2.05, 4.69) is 32.1 Å². The predicted molar refractivity (Wildman–Crippen MR) is 87.1 cm³/mol. The number of hydrogen-bond donors (Lipinski definition) is 2. The molecule has 108 valence electrons. The first-order chi connectivity index (χ1) is 10.2. The molecule has 2 aromatic heterocycles. The van der Waals surface area contributed by atoms with Gasteiger partial charge in [0.05, 0.1) is 17.4 Å². The summed E-state index contributed by atoms with van der Waals surface area (Å²) in [6.07, 6.45) is 0.965. The fraction of sp³-hybridized carbons (Fsp3) is 0.200. The molecule has 0 aliphatic rings. The third kappa shape index (κ3) is 3.50. The van der Waals surface area contributed by atoms with Crippen LogP contribution in [0.5, 0.6) is 0 Å². The van der Waals surface area contributed by atoms with Gasteiger partial charge in [0.15, 0.2) is 0 Å². The van der Waals surface area contributed by atoms with Crippen LogP contribution in [0.15, 0.2) is 39.8 Å². The van der Waals surface area contributed by atoms with Gasteiger partial charge in [-0.1, -0.05) is 11.6 Å². The molecule has 0 atom stereocenters. The Balaban J connectivity index is 1.68. The van der Waals surface area contributed by atoms with Gasteiger partial charge in [-0.3, -0.25) is 4.79 Å². The Labute approximate surface area is 130 Å². The minimum Gasteiger partial charge on any atom is -0.310 e. The fourth-order valence-electron chi connectivity index (χ4n) is 2.12. The molecule has 0 spiro atoms. The number of benzene rings is 1. The van der Waals surface area contributed by atoms with Crippen LogP contribution in [-0.4, -0.2) is 16.5 Å². The van der Waals surface area contributed by atoms with Crippen molar-refractivity contribution < 1.29 is 0 Å². The fourth-order valence-corrected chi connectivity index (χ4v) is 2.99. The summed E-state index contributed by atoms with van der Waals surface area (Å²) in [5.41, 5.74) is 1.81. The van der Waals surface area contributed by atoms with Crippen molar-refractivity contribution in [1.82, 2.24) is 15.3 Å². The Morgan fingerprint density at radius 3 is 3.05 bits per heavy atom. The summed E-state index contributed by atoms with van der Waals surface area (Å²) in [6, 6.07) is 7.21. The first-order valence-corrected chi connectivity index (χ1v) is 7.95. The van der Waals surface area contributed by atoms with Gasteiger partial charge in [0, 0.05) is 5.02 Å². The highest BCUT2D eigenvalue weighted by Crippen LogP contribution is 2.14. The van der Waals surface area contributed by atoms with Gasteiger partial charge in [0.25, 0.3) is 5.56 Å². The molecule has 2 N–H and O–H groups in total. The van der Waals surface area contributed by atoms with Gasteiger partial charge in [-0.2, -0.15) is 11.3 Å². The predicted octanol–water partition coefficient (Wildman–Crippen LogP) is 2.97. The molecular formula is C15H14ClN3OS. The number of H-pyrrole nitrogens is 1. The molecule has 0 radical (unpaired) electrons. The molecule has 3 aromatic rings. The number of hydrogen-bond acceptors (Lipinski definition) is 4. The van der Waals surface area contributed by atoms with E-state index in [9.17, 15) is 4.79 Å². The summed E-state index contributed by atoms with van der Waals surface area (Å²) < 4.78 is 0. The van der Waals surface area contributed by atoms with Crippen LogP contribution in [0.3, 0.4) is 0 Å². The van der Waals surface area contributed by atoms with Crippen LogP contribution in [0.4, 0.5) is 0 Å². The molecule has 0 unspecified atom stereocenters. The Bertz CT molecular complexity index is 798. The highest BCUT2D eigenvalue weighted by Gasteiger charge is 2.04. The lowest BCUT2D eigenvalue weighted by atomic mass is 10.2. The molecule has 0 bridgehead atoms. The van der Waals surface area contributed by atoms with Gasteiger partial charge in [-0.05, 0) is 53.6 Å². The van der Waals surface area contributed by atoms with E-state index in [1.54, 1.807) is 29.5 Å². The molecule has 6 heteroatoms. The smallest absolute Gasteiger partial charge is 0.258 e. The highest BCUT2D eigenvalue weighted by molar-refractivity contribution is 7.07. The summed E-state index contributed by atoms with van der Waals surface area (Å²) in [7, 11) is 0. The van der Waals surface area contributed by atoms with Crippen molar-refractivity contribution in [3.8, 4) is 0 Å². The van der Waals surface area contributed by atoms with Crippen LogP contribution in [0.1, 0.15) is 11.4 Å². The minimum atomic E-state index is -0.133. The quantitative estimate of drug-likeness (QED) is 0.711. The molecule has 0 aliphatic carbocycles. The zero-order valence-corrected chi connectivity index (χ0v) is 12.8. The molecule has 4 nitrogen and oxygen atoms in total. The third-order valence-electron chi connectivity index (χ3n) is 3.18. The largest absolute Gasteiger partial charge is 0.310 e. The van der Waals surface area contributed by atoms with E-state index in [1.165, 1.54) is 5.56 Å². The van der Waals surface area contributed by atoms with E-state index in [-0.39, 0.29) is 5.56 Å². The monoisotopic (exact) mass is 319 g/mol. The molecule has 0 aliphatic heterocycles. The number of fused-ring (bicyclic) bond motifs is 1. The van der Waals surface area contributed by atoms with Gasteiger partial charge in [-0.25, -0.2) is 4.98 Å². The average molecular weight is 320 g/mol. The van der Waals surface area contributed by atoms with E-state index in [1.807, 2.05) is 0 Å². The van der Waals surface area contributed by atoms with Crippen LogP contribution in [0.2, 0.25) is 5.02 Å². The SMILES string of the molecule is O=c1[nH]c(CNCCc2ccsc2)nc2cc(Cl)ccc12. The van der Waals surface area contributed by atoms with Gasteiger partial charge in [0.2, 0.25) is 0 Å². The van der Waals surface area contributed by atoms with E-state index in [0.29, 0.717) is 28.3 Å². The van der Waals surface area contributed by atoms with Crippen molar-refractivity contribution in [1.29, 1.82) is 0 Å². The van der Waals surface area contributed by atoms with Gasteiger partial charge < -0.3 is 10.3 Å². The maximum atomic E-state index is 12.0. The molecular weight excluding hydrogens is 306 g/mol. The van der Waals surface area contributed by atoms with E-state index < -0.39 is 0 Å². The lowest BCUT2D eigenvalue weighted by Crippen LogP contribution is -2.21. The maximum absolute atomic E-state index is 12.0. The Morgan fingerprint density at radius 1 is 1.33 bits per heavy atom. The minimum absolute atomic E-state index is 0.133. The van der Waals surface area contributed by atoms with E-state index >= 15 is 0 Å². The Kier molecular flexibility index (Phi) is 4.34. The Morgan fingerprint density at radius 2 is 2.24 bits per heavy atom. The molecule has 0 saturated heterocycles. The van der Waals surface area contributed by atoms with Gasteiger partial charge >= 0.3 is 0 Å². The van der Waals surface area contributed by atoms with E-state index in [4.69, 9.17) is 11.6 Å². The lowest BCUT2D eigenvalue weighted by Gasteiger charge is -2.05.